The van der Waals surface area contributed by atoms with Crippen LogP contribution in [-0.4, -0.2) is 23.4 Å². The second kappa shape index (κ2) is 6.86. The Balaban J connectivity index is 2.62. The summed E-state index contributed by atoms with van der Waals surface area (Å²) in [5.74, 6) is 0.134. The molecule has 1 aromatic heterocycles. The van der Waals surface area contributed by atoms with Crippen LogP contribution in [0.15, 0.2) is 15.9 Å². The number of nitrogens with two attached hydrogens (primary N) is 1. The maximum atomic E-state index is 12.3. The molecule has 0 aliphatic rings. The van der Waals surface area contributed by atoms with Crippen molar-refractivity contribution in [1.82, 2.24) is 4.90 Å². The van der Waals surface area contributed by atoms with E-state index in [9.17, 15) is 4.79 Å². The van der Waals surface area contributed by atoms with E-state index in [1.807, 2.05) is 24.0 Å². The van der Waals surface area contributed by atoms with E-state index in [0.29, 0.717) is 19.5 Å². The van der Waals surface area contributed by atoms with Crippen molar-refractivity contribution in [3.05, 3.63) is 20.8 Å². The minimum absolute atomic E-state index is 0.0406. The van der Waals surface area contributed by atoms with Gasteiger partial charge >= 0.3 is 0 Å². The zero-order chi connectivity index (χ0) is 14.6. The van der Waals surface area contributed by atoms with Crippen molar-refractivity contribution < 1.29 is 4.79 Å². The van der Waals surface area contributed by atoms with Crippen molar-refractivity contribution in [3.63, 3.8) is 0 Å². The SMILES string of the molecule is CCN(Cc1ccc(Br)s1)C(=O)CC(N)C(C)(C)C. The minimum atomic E-state index is -0.107. The van der Waals surface area contributed by atoms with E-state index >= 15 is 0 Å². The molecule has 0 radical (unpaired) electrons. The molecule has 2 N–H and O–H groups in total. The Morgan fingerprint density at radius 1 is 1.47 bits per heavy atom. The molecular formula is C14H23BrN2OS. The van der Waals surface area contributed by atoms with E-state index in [1.54, 1.807) is 11.3 Å². The van der Waals surface area contributed by atoms with Crippen molar-refractivity contribution in [3.8, 4) is 0 Å². The van der Waals surface area contributed by atoms with Gasteiger partial charge in [-0.2, -0.15) is 0 Å². The van der Waals surface area contributed by atoms with E-state index in [0.717, 1.165) is 3.79 Å². The van der Waals surface area contributed by atoms with Crippen molar-refractivity contribution in [2.24, 2.45) is 11.1 Å². The smallest absolute Gasteiger partial charge is 0.224 e. The third-order valence-corrected chi connectivity index (χ3v) is 4.83. The Hall–Kier alpha value is -0.390. The molecule has 19 heavy (non-hydrogen) atoms. The summed E-state index contributed by atoms with van der Waals surface area (Å²) in [6.07, 6.45) is 0.407. The second-order valence-electron chi connectivity index (χ2n) is 5.79. The van der Waals surface area contributed by atoms with Gasteiger partial charge in [0.2, 0.25) is 5.91 Å². The molecule has 1 rings (SSSR count). The quantitative estimate of drug-likeness (QED) is 0.884. The molecule has 1 aromatic rings. The molecule has 3 nitrogen and oxygen atoms in total. The number of nitrogens with zero attached hydrogens (tertiary/aromatic N) is 1. The number of thiophene rings is 1. The Morgan fingerprint density at radius 3 is 2.53 bits per heavy atom. The summed E-state index contributed by atoms with van der Waals surface area (Å²) in [6.45, 7) is 9.59. The number of amides is 1. The first-order valence-corrected chi connectivity index (χ1v) is 8.12. The number of carbonyl (C=O) groups excluding carboxylic acids is 1. The molecule has 0 fully saturated rings. The second-order valence-corrected chi connectivity index (χ2v) is 8.34. The summed E-state index contributed by atoms with van der Waals surface area (Å²) >= 11 is 5.11. The number of hydrogen-bond acceptors (Lipinski definition) is 3. The lowest BCUT2D eigenvalue weighted by Crippen LogP contribution is -2.41. The molecule has 1 heterocycles. The Morgan fingerprint density at radius 2 is 2.11 bits per heavy atom. The van der Waals surface area contributed by atoms with Gasteiger partial charge in [-0.05, 0) is 40.4 Å². The minimum Gasteiger partial charge on any atom is -0.338 e. The van der Waals surface area contributed by atoms with Gasteiger partial charge in [0.25, 0.3) is 0 Å². The third-order valence-electron chi connectivity index (χ3n) is 3.22. The van der Waals surface area contributed by atoms with Gasteiger partial charge in [0.1, 0.15) is 0 Å². The summed E-state index contributed by atoms with van der Waals surface area (Å²) in [6, 6.07) is 3.96. The van der Waals surface area contributed by atoms with Gasteiger partial charge in [-0.1, -0.05) is 20.8 Å². The molecule has 0 spiro atoms. The number of hydrogen-bond donors (Lipinski definition) is 1. The molecule has 0 bridgehead atoms. The van der Waals surface area contributed by atoms with Crippen LogP contribution in [0.5, 0.6) is 0 Å². The van der Waals surface area contributed by atoms with Crippen LogP contribution in [-0.2, 0) is 11.3 Å². The number of rotatable bonds is 5. The maximum absolute atomic E-state index is 12.3. The van der Waals surface area contributed by atoms with Crippen LogP contribution in [0.1, 0.15) is 39.0 Å². The first-order chi connectivity index (χ1) is 8.74. The van der Waals surface area contributed by atoms with Crippen LogP contribution in [0.25, 0.3) is 0 Å². The fraction of sp³-hybridized carbons (Fsp3) is 0.643. The van der Waals surface area contributed by atoms with Crippen LogP contribution in [0.3, 0.4) is 0 Å². The predicted molar refractivity (Wildman–Crippen MR) is 85.2 cm³/mol. The van der Waals surface area contributed by atoms with Gasteiger partial charge in [0.15, 0.2) is 0 Å². The summed E-state index contributed by atoms with van der Waals surface area (Å²) in [5.41, 5.74) is 6.05. The fourth-order valence-corrected chi connectivity index (χ4v) is 3.12. The average molecular weight is 347 g/mol. The number of carbonyl (C=O) groups is 1. The van der Waals surface area contributed by atoms with Gasteiger partial charge in [-0.15, -0.1) is 11.3 Å². The Labute approximate surface area is 128 Å². The van der Waals surface area contributed by atoms with Crippen LogP contribution in [0, 0.1) is 5.41 Å². The van der Waals surface area contributed by atoms with Gasteiger partial charge in [-0.3, -0.25) is 4.79 Å². The van der Waals surface area contributed by atoms with Crippen molar-refractivity contribution in [2.45, 2.75) is 46.7 Å². The monoisotopic (exact) mass is 346 g/mol. The average Bonchev–Trinajstić information content (AvgIpc) is 2.70. The van der Waals surface area contributed by atoms with Crippen molar-refractivity contribution >= 4 is 33.2 Å². The zero-order valence-electron chi connectivity index (χ0n) is 12.1. The van der Waals surface area contributed by atoms with Crippen molar-refractivity contribution in [1.29, 1.82) is 0 Å². The van der Waals surface area contributed by atoms with E-state index in [2.05, 4.69) is 36.7 Å². The lowest BCUT2D eigenvalue weighted by molar-refractivity contribution is -0.132. The first kappa shape index (κ1) is 16.7. The lowest BCUT2D eigenvalue weighted by Gasteiger charge is -2.29. The van der Waals surface area contributed by atoms with Crippen LogP contribution < -0.4 is 5.73 Å². The summed E-state index contributed by atoms with van der Waals surface area (Å²) in [5, 5.41) is 0. The molecule has 1 atom stereocenters. The van der Waals surface area contributed by atoms with Crippen LogP contribution in [0.4, 0.5) is 0 Å². The van der Waals surface area contributed by atoms with Crippen LogP contribution in [0.2, 0.25) is 0 Å². The van der Waals surface area contributed by atoms with Crippen LogP contribution >= 0.6 is 27.3 Å². The molecule has 1 unspecified atom stereocenters. The topological polar surface area (TPSA) is 46.3 Å². The zero-order valence-corrected chi connectivity index (χ0v) is 14.5. The summed E-state index contributed by atoms with van der Waals surface area (Å²) < 4.78 is 1.09. The molecule has 0 saturated heterocycles. The molecule has 0 saturated carbocycles. The highest BCUT2D eigenvalue weighted by Crippen LogP contribution is 2.24. The molecule has 0 aromatic carbocycles. The van der Waals surface area contributed by atoms with Gasteiger partial charge in [-0.25, -0.2) is 0 Å². The highest BCUT2D eigenvalue weighted by molar-refractivity contribution is 9.11. The molecule has 1 amide bonds. The largest absolute Gasteiger partial charge is 0.338 e. The van der Waals surface area contributed by atoms with E-state index in [-0.39, 0.29) is 17.4 Å². The lowest BCUT2D eigenvalue weighted by atomic mass is 9.85. The highest BCUT2D eigenvalue weighted by Gasteiger charge is 2.25. The Kier molecular flexibility index (Phi) is 6.02. The van der Waals surface area contributed by atoms with E-state index in [4.69, 9.17) is 5.73 Å². The number of halogens is 1. The fourth-order valence-electron chi connectivity index (χ4n) is 1.62. The molecule has 0 aliphatic carbocycles. The molecule has 0 aliphatic heterocycles. The summed E-state index contributed by atoms with van der Waals surface area (Å²) in [7, 11) is 0. The normalized spacial score (nSPS) is 13.4. The first-order valence-electron chi connectivity index (χ1n) is 6.51. The van der Waals surface area contributed by atoms with Crippen molar-refractivity contribution in [2.75, 3.05) is 6.54 Å². The maximum Gasteiger partial charge on any atom is 0.224 e. The van der Waals surface area contributed by atoms with Gasteiger partial charge in [0.05, 0.1) is 10.3 Å². The standard InChI is InChI=1S/C14H23BrN2OS/c1-5-17(9-10-6-7-12(15)19-10)13(18)8-11(16)14(2,3)4/h6-7,11H,5,8-9,16H2,1-4H3. The molecule has 108 valence electrons. The Bertz CT molecular complexity index is 425. The molecular weight excluding hydrogens is 324 g/mol. The van der Waals surface area contributed by atoms with Gasteiger partial charge in [0, 0.05) is 23.9 Å². The van der Waals surface area contributed by atoms with E-state index in [1.165, 1.54) is 4.88 Å². The third kappa shape index (κ3) is 5.24. The highest BCUT2D eigenvalue weighted by atomic mass is 79.9. The molecule has 5 heteroatoms. The van der Waals surface area contributed by atoms with Gasteiger partial charge < -0.3 is 10.6 Å². The predicted octanol–water partition coefficient (Wildman–Crippen LogP) is 3.62. The van der Waals surface area contributed by atoms with E-state index < -0.39 is 0 Å². The summed E-state index contributed by atoms with van der Waals surface area (Å²) in [4.78, 5) is 15.3.